The molecule has 2 saturated heterocycles. The number of aromatic nitrogens is 3. The number of para-hydroxylation sites is 1. The van der Waals surface area contributed by atoms with E-state index in [1.165, 1.54) is 95.9 Å². The van der Waals surface area contributed by atoms with Crippen LogP contribution in [0.5, 0.6) is 5.75 Å². The quantitative estimate of drug-likeness (QED) is 0.0369. The Morgan fingerprint density at radius 2 is 1.51 bits per heavy atom. The average Bonchev–Trinajstić information content (AvgIpc) is 3.99. The van der Waals surface area contributed by atoms with E-state index >= 15 is 0 Å². The van der Waals surface area contributed by atoms with E-state index < -0.39 is 50.2 Å². The Kier molecular flexibility index (Phi) is 20.8. The molecular formula is C50H67Cl2N6O9P. The third-order valence-electron chi connectivity index (χ3n) is 12.2. The van der Waals surface area contributed by atoms with Crippen LogP contribution in [0.2, 0.25) is 10.0 Å². The molecule has 4 heterocycles. The second-order valence-electron chi connectivity index (χ2n) is 18.0. The highest BCUT2D eigenvalue weighted by Gasteiger charge is 2.65. The molecule has 0 aliphatic carbocycles. The van der Waals surface area contributed by atoms with Gasteiger partial charge in [0.25, 0.3) is 0 Å². The molecule has 1 unspecified atom stereocenters. The molecule has 2 aromatic carbocycles. The van der Waals surface area contributed by atoms with Crippen molar-refractivity contribution < 1.29 is 41.8 Å². The van der Waals surface area contributed by atoms with Gasteiger partial charge >= 0.3 is 7.82 Å². The molecule has 68 heavy (non-hydrogen) atoms. The number of nitrogen functional groups attached to an aromatic ring is 1. The van der Waals surface area contributed by atoms with Crippen molar-refractivity contribution >= 4 is 42.4 Å². The van der Waals surface area contributed by atoms with E-state index in [0.29, 0.717) is 34.0 Å². The number of nitrogens with zero attached hydrogens (tertiary/aromatic N) is 5. The third kappa shape index (κ3) is 15.1. The van der Waals surface area contributed by atoms with Crippen LogP contribution in [0.25, 0.3) is 5.52 Å². The maximum absolute atomic E-state index is 14.9. The van der Waals surface area contributed by atoms with E-state index in [2.05, 4.69) is 29.1 Å². The SMILES string of the molecule is CCCCCCCCCCCCCCCCCCOC[C@H](COP(=O)(OC[C@@]1(C#N)O[C@@H](c2ccc3c(N)ncnn23)[C@@H]2OC(C)(C)O[C@@H]21)Oc1ccccc1Cl)OCc1ccc(C#N)c(Cl)c1. The van der Waals surface area contributed by atoms with Crippen molar-refractivity contribution in [2.75, 3.05) is 32.2 Å². The number of unbranched alkanes of at least 4 members (excludes halogenated alkanes) is 15. The van der Waals surface area contributed by atoms with E-state index in [0.717, 1.165) is 19.3 Å². The largest absolute Gasteiger partial charge is 0.530 e. The zero-order valence-corrected chi connectivity index (χ0v) is 42.0. The standard InChI is InChI=1S/C50H67Cl2N6O9P/c1-4-5-6-7-8-9-10-11-12-13-14-15-16-17-18-21-28-60-32-39(61-31-37-24-25-38(30-53)41(52)29-37)33-62-68(59,67-44-23-20-19-22-40(44)51)63-35-50(34-54)47-46(64-49(2,3)66-47)45(65-50)42-26-27-43-48(55)56-36-57-58(42)43/h19-20,22-27,29,36,39,45-47H,4-18,21,28,31-33,35H2,1-3H3,(H2,55,56,57)/t39-,45+,46+,47+,50-,68?/m1/s1. The molecule has 0 spiro atoms. The normalized spacial score (nSPS) is 21.0. The van der Waals surface area contributed by atoms with Gasteiger partial charge in [0.05, 0.1) is 41.1 Å². The molecule has 0 saturated carbocycles. The highest BCUT2D eigenvalue weighted by Crippen LogP contribution is 2.55. The molecule has 15 nitrogen and oxygen atoms in total. The zero-order valence-electron chi connectivity index (χ0n) is 39.6. The second kappa shape index (κ2) is 26.4. The maximum Gasteiger partial charge on any atom is 0.530 e. The van der Waals surface area contributed by atoms with Crippen LogP contribution < -0.4 is 10.3 Å². The van der Waals surface area contributed by atoms with E-state index in [1.807, 2.05) is 0 Å². The van der Waals surface area contributed by atoms with Gasteiger partial charge in [0.2, 0.25) is 5.60 Å². The van der Waals surface area contributed by atoms with E-state index in [-0.39, 0.29) is 36.4 Å². The number of hydrogen-bond donors (Lipinski definition) is 1. The maximum atomic E-state index is 14.9. The van der Waals surface area contributed by atoms with E-state index in [4.69, 9.17) is 66.2 Å². The molecular weight excluding hydrogens is 930 g/mol. The Morgan fingerprint density at radius 1 is 0.838 bits per heavy atom. The van der Waals surface area contributed by atoms with Crippen LogP contribution in [-0.4, -0.2) is 70.7 Å². The molecule has 2 aliphatic heterocycles. The number of ether oxygens (including phenoxy) is 5. The molecule has 18 heteroatoms. The third-order valence-corrected chi connectivity index (χ3v) is 14.2. The lowest BCUT2D eigenvalue weighted by atomic mass is 9.96. The van der Waals surface area contributed by atoms with Gasteiger partial charge in [0.15, 0.2) is 11.6 Å². The fourth-order valence-electron chi connectivity index (χ4n) is 8.53. The molecule has 2 aliphatic rings. The number of phosphoric ester groups is 1. The topological polar surface area (TPSA) is 195 Å². The second-order valence-corrected chi connectivity index (χ2v) is 20.4. The predicted octanol–water partition coefficient (Wildman–Crippen LogP) is 12.4. The van der Waals surface area contributed by atoms with Crippen molar-refractivity contribution in [3.05, 3.63) is 87.8 Å². The van der Waals surface area contributed by atoms with Crippen LogP contribution in [-0.2, 0) is 43.9 Å². The molecule has 370 valence electrons. The molecule has 4 aromatic rings. The Balaban J connectivity index is 1.07. The first-order valence-electron chi connectivity index (χ1n) is 24.1. The molecule has 0 bridgehead atoms. The Labute approximate surface area is 411 Å². The molecule has 0 radical (unpaired) electrons. The van der Waals surface area contributed by atoms with Crippen molar-refractivity contribution in [3.8, 4) is 17.9 Å². The summed E-state index contributed by atoms with van der Waals surface area (Å²) in [7, 11) is -4.66. The van der Waals surface area contributed by atoms with Crippen molar-refractivity contribution in [3.63, 3.8) is 0 Å². The van der Waals surface area contributed by atoms with E-state index in [9.17, 15) is 15.1 Å². The number of rotatable bonds is 31. The van der Waals surface area contributed by atoms with Crippen molar-refractivity contribution in [2.24, 2.45) is 0 Å². The number of nitrogens with two attached hydrogens (primary N) is 1. The summed E-state index contributed by atoms with van der Waals surface area (Å²) in [4.78, 5) is 4.08. The highest BCUT2D eigenvalue weighted by atomic mass is 35.5. The van der Waals surface area contributed by atoms with E-state index in [1.54, 1.807) is 66.9 Å². The number of anilines is 1. The minimum Gasteiger partial charge on any atom is -0.402 e. The summed E-state index contributed by atoms with van der Waals surface area (Å²) in [6, 6.07) is 19.2. The average molecular weight is 998 g/mol. The number of fused-ring (bicyclic) bond motifs is 2. The van der Waals surface area contributed by atoms with Crippen molar-refractivity contribution in [1.29, 1.82) is 10.5 Å². The van der Waals surface area contributed by atoms with Crippen LogP contribution in [0.4, 0.5) is 5.82 Å². The summed E-state index contributed by atoms with van der Waals surface area (Å²) in [5.74, 6) is -0.845. The first-order valence-corrected chi connectivity index (χ1v) is 26.4. The Hall–Kier alpha value is -3.83. The van der Waals surface area contributed by atoms with Gasteiger partial charge in [0, 0.05) is 6.61 Å². The summed E-state index contributed by atoms with van der Waals surface area (Å²) in [6.07, 6.45) is 18.2. The number of benzene rings is 2. The van der Waals surface area contributed by atoms with Crippen LogP contribution >= 0.6 is 31.0 Å². The highest BCUT2D eigenvalue weighted by molar-refractivity contribution is 7.49. The lowest BCUT2D eigenvalue weighted by Gasteiger charge is -2.30. The van der Waals surface area contributed by atoms with Gasteiger partial charge in [-0.3, -0.25) is 9.05 Å². The summed E-state index contributed by atoms with van der Waals surface area (Å²) >= 11 is 12.8. The predicted molar refractivity (Wildman–Crippen MR) is 260 cm³/mol. The lowest BCUT2D eigenvalue weighted by Crippen LogP contribution is -2.46. The fourth-order valence-corrected chi connectivity index (χ4v) is 10.3. The minimum atomic E-state index is -4.66. The minimum absolute atomic E-state index is 0.0227. The van der Waals surface area contributed by atoms with Crippen LogP contribution in [0.1, 0.15) is 146 Å². The van der Waals surface area contributed by atoms with Gasteiger partial charge in [-0.1, -0.05) is 145 Å². The lowest BCUT2D eigenvalue weighted by molar-refractivity contribution is -0.204. The Bertz CT molecular complexity index is 2340. The van der Waals surface area contributed by atoms with Gasteiger partial charge in [0.1, 0.15) is 60.8 Å². The molecule has 2 fully saturated rings. The number of halogens is 2. The number of phosphoric acid groups is 1. The van der Waals surface area contributed by atoms with Crippen molar-refractivity contribution in [2.45, 2.75) is 166 Å². The number of nitriles is 2. The summed E-state index contributed by atoms with van der Waals surface area (Å²) in [5, 5.41) is 25.1. The molecule has 6 rings (SSSR count). The summed E-state index contributed by atoms with van der Waals surface area (Å²) in [6.45, 7) is 5.42. The first kappa shape index (κ1) is 53.5. The van der Waals surface area contributed by atoms with Gasteiger partial charge in [-0.2, -0.15) is 15.6 Å². The van der Waals surface area contributed by atoms with Gasteiger partial charge in [-0.25, -0.2) is 14.1 Å². The van der Waals surface area contributed by atoms with Gasteiger partial charge in [-0.15, -0.1) is 0 Å². The van der Waals surface area contributed by atoms with Crippen LogP contribution in [0, 0.1) is 22.7 Å². The van der Waals surface area contributed by atoms with Gasteiger partial charge in [-0.05, 0) is 62.2 Å². The van der Waals surface area contributed by atoms with Crippen LogP contribution in [0.15, 0.2) is 60.9 Å². The summed E-state index contributed by atoms with van der Waals surface area (Å²) in [5.41, 5.74) is 6.35. The monoisotopic (exact) mass is 996 g/mol. The molecule has 0 amide bonds. The van der Waals surface area contributed by atoms with Crippen LogP contribution in [0.3, 0.4) is 0 Å². The smallest absolute Gasteiger partial charge is 0.402 e. The Morgan fingerprint density at radius 3 is 2.16 bits per heavy atom. The van der Waals surface area contributed by atoms with Crippen molar-refractivity contribution in [1.82, 2.24) is 14.6 Å². The van der Waals surface area contributed by atoms with Gasteiger partial charge < -0.3 is 33.9 Å². The summed E-state index contributed by atoms with van der Waals surface area (Å²) < 4.78 is 66.1. The number of hydrogen-bond acceptors (Lipinski definition) is 14. The molecule has 2 aromatic heterocycles. The first-order chi connectivity index (χ1) is 32.9. The molecule has 6 atom stereocenters. The molecule has 2 N–H and O–H groups in total. The fraction of sp³-hybridized carbons (Fsp3) is 0.600. The zero-order chi connectivity index (χ0) is 48.4.